The Labute approximate surface area is 68.7 Å². The van der Waals surface area contributed by atoms with Gasteiger partial charge < -0.3 is 6.15 Å². The Morgan fingerprint density at radius 2 is 1.75 bits per heavy atom. The average Bonchev–Trinajstić information content (AvgIpc) is 2.05. The van der Waals surface area contributed by atoms with Crippen molar-refractivity contribution in [1.82, 2.24) is 6.15 Å². The van der Waals surface area contributed by atoms with Gasteiger partial charge in [-0.15, -0.1) is 0 Å². The van der Waals surface area contributed by atoms with Crippen molar-refractivity contribution in [2.75, 3.05) is 0 Å². The first-order valence-electron chi connectivity index (χ1n) is 2.93. The molecule has 0 aliphatic heterocycles. The Morgan fingerprint density at radius 3 is 2.08 bits per heavy atom. The number of nitro groups is 1. The number of aldehydes is 1. The Hall–Kier alpha value is -1.75. The molecule has 1 aromatic rings. The molecular formula is C7H8N2O3. The minimum Gasteiger partial charge on any atom is -0.344 e. The van der Waals surface area contributed by atoms with Gasteiger partial charge in [-0.25, -0.2) is 0 Å². The number of rotatable bonds is 2. The molecule has 64 valence electrons. The van der Waals surface area contributed by atoms with E-state index in [0.717, 1.165) is 0 Å². The lowest BCUT2D eigenvalue weighted by atomic mass is 10.2. The molecule has 0 saturated heterocycles. The molecule has 0 radical (unpaired) electrons. The van der Waals surface area contributed by atoms with Crippen LogP contribution in [-0.2, 0) is 0 Å². The summed E-state index contributed by atoms with van der Waals surface area (Å²) in [6.07, 6.45) is 0.643. The fraction of sp³-hybridized carbons (Fsp3) is 0. The Bertz CT molecular complexity index is 281. The Kier molecular flexibility index (Phi) is 3.58. The first-order valence-corrected chi connectivity index (χ1v) is 2.93. The van der Waals surface area contributed by atoms with Gasteiger partial charge >= 0.3 is 0 Å². The van der Waals surface area contributed by atoms with Crippen LogP contribution in [0.5, 0.6) is 0 Å². The third-order valence-corrected chi connectivity index (χ3v) is 1.24. The van der Waals surface area contributed by atoms with Crippen LogP contribution >= 0.6 is 0 Å². The molecule has 0 spiro atoms. The normalized spacial score (nSPS) is 8.33. The van der Waals surface area contributed by atoms with Crippen molar-refractivity contribution in [3.8, 4) is 0 Å². The van der Waals surface area contributed by atoms with E-state index in [2.05, 4.69) is 0 Å². The number of non-ortho nitro benzene ring substituents is 1. The fourth-order valence-electron chi connectivity index (χ4n) is 0.675. The van der Waals surface area contributed by atoms with E-state index in [0.29, 0.717) is 11.8 Å². The molecule has 0 aromatic heterocycles. The average molecular weight is 168 g/mol. The highest BCUT2D eigenvalue weighted by atomic mass is 16.6. The topological polar surface area (TPSA) is 95.2 Å². The van der Waals surface area contributed by atoms with Crippen molar-refractivity contribution >= 4 is 12.0 Å². The highest BCUT2D eigenvalue weighted by molar-refractivity contribution is 5.75. The summed E-state index contributed by atoms with van der Waals surface area (Å²) in [7, 11) is 0. The highest BCUT2D eigenvalue weighted by Gasteiger charge is 2.02. The Balaban J connectivity index is 0.00000121. The van der Waals surface area contributed by atoms with Crippen LogP contribution in [0.25, 0.3) is 0 Å². The van der Waals surface area contributed by atoms with E-state index in [9.17, 15) is 14.9 Å². The van der Waals surface area contributed by atoms with Crippen molar-refractivity contribution in [3.63, 3.8) is 0 Å². The van der Waals surface area contributed by atoms with Crippen LogP contribution in [0.4, 0.5) is 5.69 Å². The number of nitro benzene ring substituents is 1. The van der Waals surface area contributed by atoms with Crippen LogP contribution in [0, 0.1) is 10.1 Å². The first kappa shape index (κ1) is 10.2. The number of nitrogens with zero attached hydrogens (tertiary/aromatic N) is 1. The molecule has 3 N–H and O–H groups in total. The molecule has 1 rings (SSSR count). The summed E-state index contributed by atoms with van der Waals surface area (Å²) < 4.78 is 0. The summed E-state index contributed by atoms with van der Waals surface area (Å²) in [5.41, 5.74) is 0.436. The molecule has 1 aromatic carbocycles. The second kappa shape index (κ2) is 4.20. The Morgan fingerprint density at radius 1 is 1.25 bits per heavy atom. The summed E-state index contributed by atoms with van der Waals surface area (Å²) in [4.78, 5) is 19.7. The van der Waals surface area contributed by atoms with E-state index in [1.807, 2.05) is 0 Å². The van der Waals surface area contributed by atoms with E-state index >= 15 is 0 Å². The van der Waals surface area contributed by atoms with Gasteiger partial charge in [-0.3, -0.25) is 14.9 Å². The van der Waals surface area contributed by atoms with Crippen LogP contribution in [0.2, 0.25) is 0 Å². The number of carbonyl (C=O) groups is 1. The van der Waals surface area contributed by atoms with Crippen LogP contribution < -0.4 is 6.15 Å². The van der Waals surface area contributed by atoms with Crippen molar-refractivity contribution < 1.29 is 9.72 Å². The van der Waals surface area contributed by atoms with Gasteiger partial charge in [0.05, 0.1) is 4.92 Å². The lowest BCUT2D eigenvalue weighted by Crippen LogP contribution is -1.87. The molecule has 0 aliphatic rings. The van der Waals surface area contributed by atoms with Crippen LogP contribution in [-0.4, -0.2) is 11.2 Å². The summed E-state index contributed by atoms with van der Waals surface area (Å²) >= 11 is 0. The molecule has 0 amide bonds. The second-order valence-corrected chi connectivity index (χ2v) is 1.97. The molecule has 0 fully saturated rings. The van der Waals surface area contributed by atoms with Gasteiger partial charge in [-0.2, -0.15) is 0 Å². The van der Waals surface area contributed by atoms with Crippen LogP contribution in [0.1, 0.15) is 10.4 Å². The van der Waals surface area contributed by atoms with Crippen LogP contribution in [0.3, 0.4) is 0 Å². The zero-order chi connectivity index (χ0) is 8.27. The predicted octanol–water partition coefficient (Wildman–Crippen LogP) is 1.57. The molecule has 5 heteroatoms. The quantitative estimate of drug-likeness (QED) is 0.411. The minimum atomic E-state index is -0.505. The van der Waals surface area contributed by atoms with E-state index in [4.69, 9.17) is 0 Å². The summed E-state index contributed by atoms with van der Waals surface area (Å²) in [5.74, 6) is 0. The molecule has 12 heavy (non-hydrogen) atoms. The van der Waals surface area contributed by atoms with Crippen molar-refractivity contribution in [1.29, 1.82) is 0 Å². The van der Waals surface area contributed by atoms with Crippen molar-refractivity contribution in [2.24, 2.45) is 0 Å². The number of carbonyl (C=O) groups excluding carboxylic acids is 1. The standard InChI is InChI=1S/C7H5NO3.H3N/c9-5-6-1-3-7(4-2-6)8(10)11;/h1-5H;1H3. The third-order valence-electron chi connectivity index (χ3n) is 1.24. The molecule has 0 atom stereocenters. The largest absolute Gasteiger partial charge is 0.344 e. The van der Waals surface area contributed by atoms with E-state index in [-0.39, 0.29) is 11.8 Å². The predicted molar refractivity (Wildman–Crippen MR) is 43.5 cm³/mol. The molecule has 0 heterocycles. The van der Waals surface area contributed by atoms with Gasteiger partial charge in [0, 0.05) is 17.7 Å². The van der Waals surface area contributed by atoms with Gasteiger partial charge in [-0.05, 0) is 12.1 Å². The molecule has 0 saturated carbocycles. The first-order chi connectivity index (χ1) is 5.24. The van der Waals surface area contributed by atoms with Crippen molar-refractivity contribution in [2.45, 2.75) is 0 Å². The maximum absolute atomic E-state index is 10.1. The maximum atomic E-state index is 10.1. The minimum absolute atomic E-state index is 0. The fourth-order valence-corrected chi connectivity index (χ4v) is 0.675. The molecule has 0 bridgehead atoms. The van der Waals surface area contributed by atoms with Gasteiger partial charge in [0.2, 0.25) is 0 Å². The zero-order valence-electron chi connectivity index (χ0n) is 6.27. The maximum Gasteiger partial charge on any atom is 0.269 e. The SMILES string of the molecule is N.O=Cc1ccc([N+](=O)[O-])cc1. The van der Waals surface area contributed by atoms with Gasteiger partial charge in [0.15, 0.2) is 0 Å². The smallest absolute Gasteiger partial charge is 0.269 e. The zero-order valence-corrected chi connectivity index (χ0v) is 6.27. The summed E-state index contributed by atoms with van der Waals surface area (Å²) in [6, 6.07) is 5.41. The van der Waals surface area contributed by atoms with E-state index in [1.165, 1.54) is 24.3 Å². The summed E-state index contributed by atoms with van der Waals surface area (Å²) in [5, 5.41) is 10.1. The number of hydrogen-bond acceptors (Lipinski definition) is 4. The van der Waals surface area contributed by atoms with E-state index < -0.39 is 4.92 Å². The molecule has 0 unspecified atom stereocenters. The lowest BCUT2D eigenvalue weighted by molar-refractivity contribution is -0.384. The molecule has 0 aliphatic carbocycles. The second-order valence-electron chi connectivity index (χ2n) is 1.97. The molecular weight excluding hydrogens is 160 g/mol. The van der Waals surface area contributed by atoms with Crippen LogP contribution in [0.15, 0.2) is 24.3 Å². The van der Waals surface area contributed by atoms with Gasteiger partial charge in [0.25, 0.3) is 5.69 Å². The van der Waals surface area contributed by atoms with Gasteiger partial charge in [0.1, 0.15) is 6.29 Å². The monoisotopic (exact) mass is 168 g/mol. The molecule has 5 nitrogen and oxygen atoms in total. The summed E-state index contributed by atoms with van der Waals surface area (Å²) in [6.45, 7) is 0. The number of hydrogen-bond donors (Lipinski definition) is 1. The lowest BCUT2D eigenvalue weighted by Gasteiger charge is -1.89. The van der Waals surface area contributed by atoms with Crippen molar-refractivity contribution in [3.05, 3.63) is 39.9 Å². The van der Waals surface area contributed by atoms with E-state index in [1.54, 1.807) is 0 Å². The highest BCUT2D eigenvalue weighted by Crippen LogP contribution is 2.09. The number of benzene rings is 1. The van der Waals surface area contributed by atoms with Gasteiger partial charge in [-0.1, -0.05) is 0 Å². The third kappa shape index (κ3) is 2.14.